The van der Waals surface area contributed by atoms with Crippen molar-refractivity contribution >= 4 is 10.0 Å². The van der Waals surface area contributed by atoms with Crippen molar-refractivity contribution in [1.82, 2.24) is 4.31 Å². The summed E-state index contributed by atoms with van der Waals surface area (Å²) in [5.41, 5.74) is 1.09. The molecule has 0 bridgehead atoms. The summed E-state index contributed by atoms with van der Waals surface area (Å²) >= 11 is 0. The van der Waals surface area contributed by atoms with Crippen LogP contribution in [0.4, 0.5) is 0 Å². The van der Waals surface area contributed by atoms with Crippen molar-refractivity contribution in [2.75, 3.05) is 26.2 Å². The summed E-state index contributed by atoms with van der Waals surface area (Å²) < 4.78 is 27.2. The molecule has 1 N–H and O–H groups in total. The van der Waals surface area contributed by atoms with Gasteiger partial charge in [-0.1, -0.05) is 31.0 Å². The Morgan fingerprint density at radius 2 is 1.74 bits per heavy atom. The molecule has 0 spiro atoms. The van der Waals surface area contributed by atoms with E-state index in [0.717, 1.165) is 30.6 Å². The van der Waals surface area contributed by atoms with E-state index in [0.29, 0.717) is 18.0 Å². The third-order valence-electron chi connectivity index (χ3n) is 5.54. The minimum atomic E-state index is -3.32. The predicted octanol–water partition coefficient (Wildman–Crippen LogP) is 1.46. The van der Waals surface area contributed by atoms with Gasteiger partial charge in [0.15, 0.2) is 0 Å². The maximum atomic E-state index is 12.8. The van der Waals surface area contributed by atoms with Gasteiger partial charge in [0.1, 0.15) is 0 Å². The van der Waals surface area contributed by atoms with Crippen LogP contribution in [0.25, 0.3) is 0 Å². The molecular formula is C18H29N2O2S+. The first kappa shape index (κ1) is 16.9. The van der Waals surface area contributed by atoms with Crippen LogP contribution in [0, 0.1) is 12.8 Å². The molecule has 0 aromatic heterocycles. The first-order valence-electron chi connectivity index (χ1n) is 8.88. The van der Waals surface area contributed by atoms with Gasteiger partial charge in [-0.05, 0) is 37.8 Å². The van der Waals surface area contributed by atoms with Gasteiger partial charge in [-0.3, -0.25) is 0 Å². The van der Waals surface area contributed by atoms with Crippen LogP contribution >= 0.6 is 0 Å². The zero-order valence-corrected chi connectivity index (χ0v) is 15.1. The Hall–Kier alpha value is -0.910. The zero-order valence-electron chi connectivity index (χ0n) is 14.3. The van der Waals surface area contributed by atoms with Crippen molar-refractivity contribution in [3.63, 3.8) is 0 Å². The van der Waals surface area contributed by atoms with E-state index < -0.39 is 10.0 Å². The lowest BCUT2D eigenvalue weighted by Gasteiger charge is -2.38. The molecule has 2 atom stereocenters. The summed E-state index contributed by atoms with van der Waals surface area (Å²) in [5.74, 6) is 0.829. The van der Waals surface area contributed by atoms with Gasteiger partial charge in [0.25, 0.3) is 0 Å². The highest BCUT2D eigenvalue weighted by molar-refractivity contribution is 7.89. The van der Waals surface area contributed by atoms with Crippen molar-refractivity contribution in [3.05, 3.63) is 29.8 Å². The number of rotatable bonds is 3. The average Bonchev–Trinajstić information content (AvgIpc) is 2.55. The van der Waals surface area contributed by atoms with Gasteiger partial charge in [-0.2, -0.15) is 4.31 Å². The SMILES string of the molecule is Cc1ccc(S(=O)(=O)N2CC[NH+]([C@@H]3CCC[C@@H](C)C3)CC2)cc1. The lowest BCUT2D eigenvalue weighted by Crippen LogP contribution is -3.18. The number of benzene rings is 1. The molecule has 1 heterocycles. The number of aryl methyl sites for hydroxylation is 1. The van der Waals surface area contributed by atoms with Crippen LogP contribution in [0.3, 0.4) is 0 Å². The summed E-state index contributed by atoms with van der Waals surface area (Å²) in [7, 11) is -3.32. The van der Waals surface area contributed by atoms with Crippen LogP contribution in [0.15, 0.2) is 29.2 Å². The predicted molar refractivity (Wildman–Crippen MR) is 92.1 cm³/mol. The van der Waals surface area contributed by atoms with E-state index in [1.54, 1.807) is 21.3 Å². The van der Waals surface area contributed by atoms with Crippen LogP contribution in [0.5, 0.6) is 0 Å². The second-order valence-corrected chi connectivity index (χ2v) is 9.28. The first-order valence-corrected chi connectivity index (χ1v) is 10.3. The van der Waals surface area contributed by atoms with E-state index in [4.69, 9.17) is 0 Å². The first-order chi connectivity index (χ1) is 11.0. The summed E-state index contributed by atoms with van der Waals surface area (Å²) in [6, 6.07) is 7.94. The lowest BCUT2D eigenvalue weighted by molar-refractivity contribution is -0.930. The van der Waals surface area contributed by atoms with Gasteiger partial charge in [-0.25, -0.2) is 8.42 Å². The largest absolute Gasteiger partial charge is 0.330 e. The van der Waals surface area contributed by atoms with Crippen molar-refractivity contribution in [2.24, 2.45) is 5.92 Å². The molecule has 128 valence electrons. The van der Waals surface area contributed by atoms with E-state index in [9.17, 15) is 8.42 Å². The molecule has 0 radical (unpaired) electrons. The number of sulfonamides is 1. The Bertz CT molecular complexity index is 619. The molecule has 1 saturated carbocycles. The van der Waals surface area contributed by atoms with E-state index in [-0.39, 0.29) is 0 Å². The van der Waals surface area contributed by atoms with Crippen molar-refractivity contribution < 1.29 is 13.3 Å². The van der Waals surface area contributed by atoms with E-state index in [2.05, 4.69) is 6.92 Å². The molecule has 3 rings (SSSR count). The third-order valence-corrected chi connectivity index (χ3v) is 7.45. The number of hydrogen-bond acceptors (Lipinski definition) is 2. The summed E-state index contributed by atoms with van der Waals surface area (Å²) in [5, 5.41) is 0. The smallest absolute Gasteiger partial charge is 0.243 e. The monoisotopic (exact) mass is 337 g/mol. The Balaban J connectivity index is 1.63. The van der Waals surface area contributed by atoms with Gasteiger partial charge in [0.2, 0.25) is 10.0 Å². The normalized spacial score (nSPS) is 27.9. The van der Waals surface area contributed by atoms with Crippen molar-refractivity contribution in [1.29, 1.82) is 0 Å². The van der Waals surface area contributed by atoms with Gasteiger partial charge in [0, 0.05) is 6.42 Å². The fraction of sp³-hybridized carbons (Fsp3) is 0.667. The van der Waals surface area contributed by atoms with Gasteiger partial charge in [0.05, 0.1) is 37.1 Å². The van der Waals surface area contributed by atoms with Crippen LogP contribution in [-0.2, 0) is 10.0 Å². The maximum Gasteiger partial charge on any atom is 0.243 e. The molecule has 0 amide bonds. The summed E-state index contributed by atoms with van der Waals surface area (Å²) in [4.78, 5) is 2.05. The molecule has 2 aliphatic rings. The molecular weight excluding hydrogens is 308 g/mol. The number of piperazine rings is 1. The van der Waals surface area contributed by atoms with E-state index >= 15 is 0 Å². The molecule has 1 saturated heterocycles. The summed E-state index contributed by atoms with van der Waals surface area (Å²) in [6.07, 6.45) is 5.31. The average molecular weight is 338 g/mol. The number of nitrogens with one attached hydrogen (secondary N) is 1. The maximum absolute atomic E-state index is 12.8. The van der Waals surface area contributed by atoms with E-state index in [1.165, 1.54) is 25.7 Å². The quantitative estimate of drug-likeness (QED) is 0.907. The second kappa shape index (κ2) is 6.91. The van der Waals surface area contributed by atoms with E-state index in [1.807, 2.05) is 19.1 Å². The molecule has 1 aromatic carbocycles. The Morgan fingerprint density at radius 3 is 2.35 bits per heavy atom. The number of hydrogen-bond donors (Lipinski definition) is 1. The highest BCUT2D eigenvalue weighted by Crippen LogP contribution is 2.22. The third kappa shape index (κ3) is 3.78. The highest BCUT2D eigenvalue weighted by Gasteiger charge is 2.34. The Labute approximate surface area is 140 Å². The minimum absolute atomic E-state index is 0.429. The minimum Gasteiger partial charge on any atom is -0.330 e. The number of quaternary nitrogens is 1. The molecule has 2 fully saturated rings. The lowest BCUT2D eigenvalue weighted by atomic mass is 9.86. The fourth-order valence-electron chi connectivity index (χ4n) is 4.09. The standard InChI is InChI=1S/C18H28N2O2S/c1-15-6-8-18(9-7-15)23(21,22)20-12-10-19(11-13-20)17-5-3-4-16(2)14-17/h6-9,16-17H,3-5,10-14H2,1-2H3/p+1/t16-,17-/m1/s1. The molecule has 4 nitrogen and oxygen atoms in total. The summed E-state index contributed by atoms with van der Waals surface area (Å²) in [6.45, 7) is 7.52. The zero-order chi connectivity index (χ0) is 16.4. The van der Waals surface area contributed by atoms with Crippen molar-refractivity contribution in [2.45, 2.75) is 50.5 Å². The molecule has 1 aliphatic heterocycles. The van der Waals surface area contributed by atoms with Crippen molar-refractivity contribution in [3.8, 4) is 0 Å². The Morgan fingerprint density at radius 1 is 1.09 bits per heavy atom. The van der Waals surface area contributed by atoms with Crippen LogP contribution in [-0.4, -0.2) is 44.9 Å². The van der Waals surface area contributed by atoms with Crippen LogP contribution < -0.4 is 4.90 Å². The van der Waals surface area contributed by atoms with Crippen LogP contribution in [0.2, 0.25) is 0 Å². The number of nitrogens with zero attached hydrogens (tertiary/aromatic N) is 1. The molecule has 23 heavy (non-hydrogen) atoms. The molecule has 5 heteroatoms. The van der Waals surface area contributed by atoms with Gasteiger partial charge in [-0.15, -0.1) is 0 Å². The van der Waals surface area contributed by atoms with Crippen LogP contribution in [0.1, 0.15) is 38.2 Å². The molecule has 1 aliphatic carbocycles. The van der Waals surface area contributed by atoms with Gasteiger partial charge >= 0.3 is 0 Å². The topological polar surface area (TPSA) is 41.8 Å². The fourth-order valence-corrected chi connectivity index (χ4v) is 5.53. The second-order valence-electron chi connectivity index (χ2n) is 7.34. The Kier molecular flexibility index (Phi) is 5.09. The highest BCUT2D eigenvalue weighted by atomic mass is 32.2. The van der Waals surface area contributed by atoms with Gasteiger partial charge < -0.3 is 4.90 Å². The molecule has 0 unspecified atom stereocenters. The molecule has 1 aromatic rings.